The summed E-state index contributed by atoms with van der Waals surface area (Å²) in [5.41, 5.74) is 1.41. The number of tetrazole rings is 1. The maximum atomic E-state index is 12.1. The zero-order valence-corrected chi connectivity index (χ0v) is 11.4. The molecule has 0 unspecified atom stereocenters. The van der Waals surface area contributed by atoms with Crippen LogP contribution >= 0.6 is 23.2 Å². The molecule has 3 rings (SSSR count). The minimum Gasteiger partial charge on any atom is -0.321 e. The molecule has 0 atom stereocenters. The lowest BCUT2D eigenvalue weighted by molar-refractivity contribution is 0.102. The number of nitrogens with zero attached hydrogens (tertiary/aromatic N) is 4. The van der Waals surface area contributed by atoms with Crippen molar-refractivity contribution in [3.8, 4) is 0 Å². The van der Waals surface area contributed by atoms with Gasteiger partial charge in [-0.15, -0.1) is 5.10 Å². The van der Waals surface area contributed by atoms with E-state index in [-0.39, 0.29) is 5.91 Å². The molecule has 6 nitrogen and oxygen atoms in total. The second-order valence-corrected chi connectivity index (χ2v) is 4.74. The van der Waals surface area contributed by atoms with Crippen LogP contribution in [0.25, 0.3) is 5.65 Å². The lowest BCUT2D eigenvalue weighted by Gasteiger charge is -2.08. The molecule has 0 aliphatic rings. The van der Waals surface area contributed by atoms with Crippen molar-refractivity contribution in [3.63, 3.8) is 0 Å². The fraction of sp³-hybridized carbons (Fsp3) is 0. The van der Waals surface area contributed by atoms with Crippen LogP contribution in [0.2, 0.25) is 10.0 Å². The molecule has 1 N–H and O–H groups in total. The van der Waals surface area contributed by atoms with E-state index in [0.29, 0.717) is 26.9 Å². The summed E-state index contributed by atoms with van der Waals surface area (Å²) in [6, 6.07) is 8.29. The zero-order valence-electron chi connectivity index (χ0n) is 9.92. The van der Waals surface area contributed by atoms with Gasteiger partial charge in [-0.3, -0.25) is 4.79 Å². The maximum Gasteiger partial charge on any atom is 0.257 e. The first-order valence-corrected chi connectivity index (χ1v) is 6.34. The average molecular weight is 308 g/mol. The maximum absolute atomic E-state index is 12.1. The van der Waals surface area contributed by atoms with Crippen molar-refractivity contribution < 1.29 is 4.79 Å². The number of benzene rings is 1. The summed E-state index contributed by atoms with van der Waals surface area (Å²) < 4.78 is 1.41. The number of carbonyl (C=O) groups excluding carboxylic acids is 1. The van der Waals surface area contributed by atoms with Crippen LogP contribution in [0.3, 0.4) is 0 Å². The third-order valence-electron chi connectivity index (χ3n) is 2.65. The molecule has 1 aromatic carbocycles. The Balaban J connectivity index is 1.90. The fourth-order valence-electron chi connectivity index (χ4n) is 1.67. The number of carbonyl (C=O) groups is 1. The molecule has 3 aromatic rings. The Hall–Kier alpha value is -2.18. The van der Waals surface area contributed by atoms with Gasteiger partial charge in [0.25, 0.3) is 5.91 Å². The summed E-state index contributed by atoms with van der Waals surface area (Å²) >= 11 is 11.9. The highest BCUT2D eigenvalue weighted by Gasteiger charge is 2.11. The molecular weight excluding hydrogens is 301 g/mol. The molecule has 0 saturated carbocycles. The first kappa shape index (κ1) is 12.8. The minimum absolute atomic E-state index is 0.297. The molecule has 0 bridgehead atoms. The van der Waals surface area contributed by atoms with Crippen LogP contribution in [0.4, 0.5) is 5.69 Å². The number of hydrogen-bond acceptors (Lipinski definition) is 4. The Bertz CT molecular complexity index is 801. The highest BCUT2D eigenvalue weighted by atomic mass is 35.5. The number of aromatic nitrogens is 4. The summed E-state index contributed by atoms with van der Waals surface area (Å²) in [4.78, 5) is 12.1. The van der Waals surface area contributed by atoms with Crippen molar-refractivity contribution in [2.24, 2.45) is 0 Å². The van der Waals surface area contributed by atoms with Gasteiger partial charge in [-0.1, -0.05) is 29.3 Å². The van der Waals surface area contributed by atoms with Crippen LogP contribution in [0, 0.1) is 0 Å². The average Bonchev–Trinajstić information content (AvgIpc) is 2.91. The Kier molecular flexibility index (Phi) is 3.25. The lowest BCUT2D eigenvalue weighted by atomic mass is 10.2. The second kappa shape index (κ2) is 5.07. The van der Waals surface area contributed by atoms with E-state index in [2.05, 4.69) is 20.8 Å². The Labute approximate surface area is 123 Å². The third-order valence-corrected chi connectivity index (χ3v) is 3.47. The summed E-state index contributed by atoms with van der Waals surface area (Å²) in [5, 5.41) is 14.4. The highest BCUT2D eigenvalue weighted by molar-refractivity contribution is 6.44. The molecule has 8 heteroatoms. The number of nitrogens with one attached hydrogen (secondary N) is 1. The van der Waals surface area contributed by atoms with Gasteiger partial charge in [0.15, 0.2) is 5.65 Å². The standard InChI is InChI=1S/C12H7Cl2N5O/c13-8-2-1-3-9(11(8)14)15-12(20)7-4-5-10-16-17-18-19(10)6-7/h1-6H,(H,15,20). The summed E-state index contributed by atoms with van der Waals surface area (Å²) in [5.74, 6) is -0.327. The number of fused-ring (bicyclic) bond motifs is 1. The van der Waals surface area contributed by atoms with Gasteiger partial charge in [0.05, 0.1) is 21.3 Å². The van der Waals surface area contributed by atoms with Crippen LogP contribution in [-0.4, -0.2) is 25.9 Å². The number of hydrogen-bond donors (Lipinski definition) is 1. The zero-order chi connectivity index (χ0) is 14.1. The van der Waals surface area contributed by atoms with Gasteiger partial charge in [-0.2, -0.15) is 4.52 Å². The van der Waals surface area contributed by atoms with E-state index < -0.39 is 0 Å². The van der Waals surface area contributed by atoms with E-state index in [9.17, 15) is 4.79 Å². The Morgan fingerprint density at radius 1 is 1.20 bits per heavy atom. The van der Waals surface area contributed by atoms with E-state index in [4.69, 9.17) is 23.2 Å². The smallest absolute Gasteiger partial charge is 0.257 e. The van der Waals surface area contributed by atoms with Gasteiger partial charge in [0.1, 0.15) is 0 Å². The molecule has 2 aromatic heterocycles. The first-order valence-electron chi connectivity index (χ1n) is 5.58. The van der Waals surface area contributed by atoms with E-state index in [0.717, 1.165) is 0 Å². The molecule has 0 radical (unpaired) electrons. The largest absolute Gasteiger partial charge is 0.321 e. The van der Waals surface area contributed by atoms with Gasteiger partial charge in [0, 0.05) is 6.20 Å². The van der Waals surface area contributed by atoms with Crippen molar-refractivity contribution in [3.05, 3.63) is 52.1 Å². The van der Waals surface area contributed by atoms with Gasteiger partial charge in [-0.05, 0) is 34.7 Å². The molecule has 0 saturated heterocycles. The second-order valence-electron chi connectivity index (χ2n) is 3.95. The van der Waals surface area contributed by atoms with Crippen molar-refractivity contribution in [2.45, 2.75) is 0 Å². The van der Waals surface area contributed by atoms with Crippen LogP contribution < -0.4 is 5.32 Å². The quantitative estimate of drug-likeness (QED) is 0.790. The van der Waals surface area contributed by atoms with Crippen molar-refractivity contribution in [1.29, 1.82) is 0 Å². The predicted molar refractivity (Wildman–Crippen MR) is 75.2 cm³/mol. The number of anilines is 1. The van der Waals surface area contributed by atoms with E-state index in [1.165, 1.54) is 10.7 Å². The van der Waals surface area contributed by atoms with Crippen LogP contribution in [0.5, 0.6) is 0 Å². The topological polar surface area (TPSA) is 72.2 Å². The SMILES string of the molecule is O=C(Nc1cccc(Cl)c1Cl)c1ccc2nnnn2c1. The molecule has 0 fully saturated rings. The fourth-order valence-corrected chi connectivity index (χ4v) is 2.02. The Morgan fingerprint density at radius 2 is 2.05 bits per heavy atom. The van der Waals surface area contributed by atoms with Crippen LogP contribution in [0.1, 0.15) is 10.4 Å². The molecule has 0 aliphatic carbocycles. The number of amides is 1. The van der Waals surface area contributed by atoms with Gasteiger partial charge < -0.3 is 5.32 Å². The van der Waals surface area contributed by atoms with Crippen molar-refractivity contribution in [1.82, 2.24) is 20.0 Å². The number of pyridine rings is 1. The minimum atomic E-state index is -0.327. The van der Waals surface area contributed by atoms with E-state index in [1.807, 2.05) is 0 Å². The predicted octanol–water partition coefficient (Wildman–Crippen LogP) is 2.68. The molecule has 100 valence electrons. The molecule has 2 heterocycles. The summed E-state index contributed by atoms with van der Waals surface area (Å²) in [7, 11) is 0. The van der Waals surface area contributed by atoms with Crippen LogP contribution in [-0.2, 0) is 0 Å². The molecule has 0 aliphatic heterocycles. The van der Waals surface area contributed by atoms with E-state index >= 15 is 0 Å². The molecule has 20 heavy (non-hydrogen) atoms. The highest BCUT2D eigenvalue weighted by Crippen LogP contribution is 2.29. The van der Waals surface area contributed by atoms with E-state index in [1.54, 1.807) is 30.3 Å². The van der Waals surface area contributed by atoms with Gasteiger partial charge >= 0.3 is 0 Å². The van der Waals surface area contributed by atoms with Gasteiger partial charge in [0.2, 0.25) is 0 Å². The lowest BCUT2D eigenvalue weighted by Crippen LogP contribution is -2.13. The van der Waals surface area contributed by atoms with Crippen molar-refractivity contribution >= 4 is 40.4 Å². The van der Waals surface area contributed by atoms with Gasteiger partial charge in [-0.25, -0.2) is 0 Å². The molecular formula is C12H7Cl2N5O. The van der Waals surface area contributed by atoms with Crippen LogP contribution in [0.15, 0.2) is 36.5 Å². The normalized spacial score (nSPS) is 10.7. The number of halogens is 2. The molecule has 1 amide bonds. The molecule has 0 spiro atoms. The summed E-state index contributed by atoms with van der Waals surface area (Å²) in [6.07, 6.45) is 1.53. The first-order chi connectivity index (χ1) is 9.65. The Morgan fingerprint density at radius 3 is 2.90 bits per heavy atom. The third kappa shape index (κ3) is 2.31. The monoisotopic (exact) mass is 307 g/mol. The summed E-state index contributed by atoms with van der Waals surface area (Å²) in [6.45, 7) is 0. The van der Waals surface area contributed by atoms with Crippen molar-refractivity contribution in [2.75, 3.05) is 5.32 Å². The number of rotatable bonds is 2.